The van der Waals surface area contributed by atoms with E-state index in [-0.39, 0.29) is 0 Å². The van der Waals surface area contributed by atoms with Crippen molar-refractivity contribution in [2.75, 3.05) is 41.8 Å². The van der Waals surface area contributed by atoms with Crippen molar-refractivity contribution in [2.45, 2.75) is 0 Å². The number of ether oxygens (including phenoxy) is 1. The molecule has 1 aliphatic rings. The predicted octanol–water partition coefficient (Wildman–Crippen LogP) is 5.00. The van der Waals surface area contributed by atoms with E-state index in [2.05, 4.69) is 30.5 Å². The SMILES string of the molecule is Clc1cc(Nc2nccc(Nc3cnc4ccccc4c3)n2)ccc1N1CCOCC1. The van der Waals surface area contributed by atoms with Crippen LogP contribution < -0.4 is 15.5 Å². The van der Waals surface area contributed by atoms with Crippen molar-refractivity contribution in [3.8, 4) is 0 Å². The Labute approximate surface area is 185 Å². The van der Waals surface area contributed by atoms with Gasteiger partial charge >= 0.3 is 0 Å². The first kappa shape index (κ1) is 19.5. The number of para-hydroxylation sites is 1. The number of nitrogens with one attached hydrogen (secondary N) is 2. The first-order valence-electron chi connectivity index (χ1n) is 10.1. The zero-order valence-electron chi connectivity index (χ0n) is 16.8. The number of benzene rings is 2. The van der Waals surface area contributed by atoms with Gasteiger partial charge in [-0.25, -0.2) is 4.98 Å². The van der Waals surface area contributed by atoms with E-state index in [0.29, 0.717) is 16.8 Å². The van der Waals surface area contributed by atoms with Gasteiger partial charge in [-0.1, -0.05) is 29.8 Å². The van der Waals surface area contributed by atoms with Crippen LogP contribution in [0.3, 0.4) is 0 Å². The highest BCUT2D eigenvalue weighted by Crippen LogP contribution is 2.30. The second kappa shape index (κ2) is 8.75. The summed E-state index contributed by atoms with van der Waals surface area (Å²) in [5, 5.41) is 8.26. The fourth-order valence-corrected chi connectivity index (χ4v) is 3.85. The van der Waals surface area contributed by atoms with Crippen LogP contribution in [0, 0.1) is 0 Å². The molecule has 0 spiro atoms. The Morgan fingerprint density at radius 2 is 1.77 bits per heavy atom. The first-order valence-corrected chi connectivity index (χ1v) is 10.5. The first-order chi connectivity index (χ1) is 15.2. The van der Waals surface area contributed by atoms with E-state index >= 15 is 0 Å². The topological polar surface area (TPSA) is 75.2 Å². The summed E-state index contributed by atoms with van der Waals surface area (Å²) in [6, 6.07) is 17.7. The molecule has 3 heterocycles. The van der Waals surface area contributed by atoms with Gasteiger partial charge in [0.25, 0.3) is 0 Å². The Hall–Kier alpha value is -3.42. The largest absolute Gasteiger partial charge is 0.378 e. The molecule has 0 atom stereocenters. The van der Waals surface area contributed by atoms with Crippen LogP contribution in [0.4, 0.5) is 28.8 Å². The standard InChI is InChI=1S/C23H21ClN6O/c24-19-14-17(5-6-21(19)30-9-11-31-12-10-30)28-23-25-8-7-22(29-23)27-18-13-16-3-1-2-4-20(16)26-15-18/h1-8,13-15H,9-12H2,(H2,25,27,28,29). The van der Waals surface area contributed by atoms with Crippen LogP contribution in [0.25, 0.3) is 10.9 Å². The number of hydrogen-bond donors (Lipinski definition) is 2. The summed E-state index contributed by atoms with van der Waals surface area (Å²) in [5.41, 5.74) is 3.65. The van der Waals surface area contributed by atoms with Crippen molar-refractivity contribution < 1.29 is 4.74 Å². The van der Waals surface area contributed by atoms with E-state index in [1.54, 1.807) is 12.4 Å². The molecule has 2 aromatic carbocycles. The van der Waals surface area contributed by atoms with Crippen LogP contribution in [0.2, 0.25) is 5.02 Å². The van der Waals surface area contributed by atoms with E-state index in [1.807, 2.05) is 54.6 Å². The van der Waals surface area contributed by atoms with Crippen molar-refractivity contribution in [2.24, 2.45) is 0 Å². The molecule has 0 radical (unpaired) electrons. The fraction of sp³-hybridized carbons (Fsp3) is 0.174. The van der Waals surface area contributed by atoms with Crippen LogP contribution >= 0.6 is 11.6 Å². The van der Waals surface area contributed by atoms with E-state index < -0.39 is 0 Å². The van der Waals surface area contributed by atoms with E-state index in [4.69, 9.17) is 16.3 Å². The highest BCUT2D eigenvalue weighted by molar-refractivity contribution is 6.33. The number of hydrogen-bond acceptors (Lipinski definition) is 7. The quantitative estimate of drug-likeness (QED) is 0.459. The van der Waals surface area contributed by atoms with Crippen LogP contribution in [0.1, 0.15) is 0 Å². The number of rotatable bonds is 5. The number of aromatic nitrogens is 3. The number of fused-ring (bicyclic) bond motifs is 1. The molecule has 0 amide bonds. The van der Waals surface area contributed by atoms with Gasteiger partial charge in [-0.15, -0.1) is 0 Å². The van der Waals surface area contributed by atoms with E-state index in [9.17, 15) is 0 Å². The lowest BCUT2D eigenvalue weighted by atomic mass is 10.2. The summed E-state index contributed by atoms with van der Waals surface area (Å²) in [4.78, 5) is 15.6. The molecule has 0 unspecified atom stereocenters. The zero-order valence-corrected chi connectivity index (χ0v) is 17.5. The van der Waals surface area contributed by atoms with Crippen molar-refractivity contribution in [3.05, 3.63) is 72.0 Å². The molecule has 1 fully saturated rings. The highest BCUT2D eigenvalue weighted by atomic mass is 35.5. The smallest absolute Gasteiger partial charge is 0.229 e. The summed E-state index contributed by atoms with van der Waals surface area (Å²) < 4.78 is 5.42. The maximum absolute atomic E-state index is 6.53. The third kappa shape index (κ3) is 4.52. The van der Waals surface area contributed by atoms with Crippen molar-refractivity contribution in [1.82, 2.24) is 15.0 Å². The predicted molar refractivity (Wildman–Crippen MR) is 125 cm³/mol. The van der Waals surface area contributed by atoms with Crippen molar-refractivity contribution in [1.29, 1.82) is 0 Å². The summed E-state index contributed by atoms with van der Waals surface area (Å²) in [6.45, 7) is 3.12. The van der Waals surface area contributed by atoms with Gasteiger partial charge in [-0.2, -0.15) is 4.98 Å². The molecule has 4 aromatic rings. The normalized spacial score (nSPS) is 13.9. The minimum Gasteiger partial charge on any atom is -0.378 e. The summed E-state index contributed by atoms with van der Waals surface area (Å²) in [6.07, 6.45) is 3.50. The van der Waals surface area contributed by atoms with Gasteiger partial charge in [0.15, 0.2) is 0 Å². The number of pyridine rings is 1. The van der Waals surface area contributed by atoms with Crippen LogP contribution in [-0.2, 0) is 4.74 Å². The van der Waals surface area contributed by atoms with Gasteiger partial charge in [-0.3, -0.25) is 4.98 Å². The third-order valence-corrected chi connectivity index (χ3v) is 5.38. The lowest BCUT2D eigenvalue weighted by Crippen LogP contribution is -2.36. The lowest BCUT2D eigenvalue weighted by molar-refractivity contribution is 0.122. The second-order valence-electron chi connectivity index (χ2n) is 7.20. The molecule has 2 aromatic heterocycles. The Balaban J connectivity index is 1.31. The zero-order chi connectivity index (χ0) is 21.0. The Morgan fingerprint density at radius 3 is 2.65 bits per heavy atom. The molecule has 7 nitrogen and oxygen atoms in total. The van der Waals surface area contributed by atoms with Crippen LogP contribution in [0.15, 0.2) is 67.0 Å². The highest BCUT2D eigenvalue weighted by Gasteiger charge is 2.14. The van der Waals surface area contributed by atoms with Crippen molar-refractivity contribution >= 4 is 51.3 Å². The number of nitrogens with zero attached hydrogens (tertiary/aromatic N) is 4. The van der Waals surface area contributed by atoms with Crippen molar-refractivity contribution in [3.63, 3.8) is 0 Å². The Bertz CT molecular complexity index is 1210. The monoisotopic (exact) mass is 432 g/mol. The lowest BCUT2D eigenvalue weighted by Gasteiger charge is -2.29. The maximum atomic E-state index is 6.53. The number of halogens is 1. The number of anilines is 5. The molecule has 1 saturated heterocycles. The molecule has 156 valence electrons. The fourth-order valence-electron chi connectivity index (χ4n) is 3.55. The van der Waals surface area contributed by atoms with Gasteiger partial charge in [0, 0.05) is 30.4 Å². The molecule has 1 aliphatic heterocycles. The minimum atomic E-state index is 0.480. The molecule has 5 rings (SSSR count). The molecule has 8 heteroatoms. The average molecular weight is 433 g/mol. The second-order valence-corrected chi connectivity index (χ2v) is 7.60. The third-order valence-electron chi connectivity index (χ3n) is 5.07. The van der Waals surface area contributed by atoms with E-state index in [1.165, 1.54) is 0 Å². The Morgan fingerprint density at radius 1 is 0.903 bits per heavy atom. The van der Waals surface area contributed by atoms with Gasteiger partial charge in [0.2, 0.25) is 5.95 Å². The maximum Gasteiger partial charge on any atom is 0.229 e. The van der Waals surface area contributed by atoms with Crippen LogP contribution in [-0.4, -0.2) is 41.3 Å². The molecule has 0 aliphatic carbocycles. The molecular weight excluding hydrogens is 412 g/mol. The average Bonchev–Trinajstić information content (AvgIpc) is 2.80. The molecule has 2 N–H and O–H groups in total. The van der Waals surface area contributed by atoms with Gasteiger partial charge in [0.1, 0.15) is 5.82 Å². The Kier molecular flexibility index (Phi) is 5.52. The molecule has 31 heavy (non-hydrogen) atoms. The molecule has 0 saturated carbocycles. The van der Waals surface area contributed by atoms with Gasteiger partial charge in [-0.05, 0) is 36.4 Å². The summed E-state index contributed by atoms with van der Waals surface area (Å²) >= 11 is 6.53. The summed E-state index contributed by atoms with van der Waals surface area (Å²) in [5.74, 6) is 1.15. The van der Waals surface area contributed by atoms with E-state index in [0.717, 1.165) is 54.3 Å². The van der Waals surface area contributed by atoms with Gasteiger partial charge < -0.3 is 20.3 Å². The molecule has 0 bridgehead atoms. The minimum absolute atomic E-state index is 0.480. The molecular formula is C23H21ClN6O. The van der Waals surface area contributed by atoms with Crippen LogP contribution in [0.5, 0.6) is 0 Å². The van der Waals surface area contributed by atoms with Gasteiger partial charge in [0.05, 0.1) is 41.3 Å². The number of morpholine rings is 1. The summed E-state index contributed by atoms with van der Waals surface area (Å²) in [7, 11) is 0.